The van der Waals surface area contributed by atoms with Crippen LogP contribution in [0, 0.1) is 0 Å². The van der Waals surface area contributed by atoms with Crippen molar-refractivity contribution in [2.45, 2.75) is 13.5 Å². The second kappa shape index (κ2) is 3.42. The Labute approximate surface area is 85.5 Å². The molecule has 1 amide bonds. The molecule has 1 N–H and O–H groups in total. The van der Waals surface area contributed by atoms with Gasteiger partial charge in [-0.3, -0.25) is 9.48 Å². The van der Waals surface area contributed by atoms with Crippen LogP contribution in [0.3, 0.4) is 0 Å². The quantitative estimate of drug-likeness (QED) is 0.814. The van der Waals surface area contributed by atoms with Crippen LogP contribution in [0.25, 0.3) is 10.2 Å². The van der Waals surface area contributed by atoms with Crippen LogP contribution >= 0.6 is 11.3 Å². The molecule has 14 heavy (non-hydrogen) atoms. The first-order valence-electron chi connectivity index (χ1n) is 4.44. The number of carbonyl (C=O) groups is 1. The van der Waals surface area contributed by atoms with Crippen molar-refractivity contribution in [2.75, 3.05) is 7.05 Å². The standard InChI is InChI=1S/C9H11N3OS/c1-3-12-9-6(4-5-14-9)7(11-12)8(13)10-2/h4-5H,3H2,1-2H3,(H,10,13). The molecule has 4 nitrogen and oxygen atoms in total. The molecule has 0 unspecified atom stereocenters. The first-order chi connectivity index (χ1) is 6.77. The van der Waals surface area contributed by atoms with Crippen LogP contribution in [0.4, 0.5) is 0 Å². The van der Waals surface area contributed by atoms with Crippen LogP contribution < -0.4 is 5.32 Å². The monoisotopic (exact) mass is 209 g/mol. The summed E-state index contributed by atoms with van der Waals surface area (Å²) in [5.41, 5.74) is 0.519. The molecule has 0 aliphatic heterocycles. The fourth-order valence-electron chi connectivity index (χ4n) is 1.40. The van der Waals surface area contributed by atoms with Crippen molar-refractivity contribution in [3.63, 3.8) is 0 Å². The lowest BCUT2D eigenvalue weighted by molar-refractivity contribution is 0.0959. The molecule has 0 fully saturated rings. The molecule has 0 aliphatic rings. The predicted molar refractivity (Wildman–Crippen MR) is 56.7 cm³/mol. The first-order valence-corrected chi connectivity index (χ1v) is 5.32. The minimum Gasteiger partial charge on any atom is -0.354 e. The average Bonchev–Trinajstić information content (AvgIpc) is 2.76. The van der Waals surface area contributed by atoms with E-state index in [0.717, 1.165) is 16.8 Å². The molecule has 0 aliphatic carbocycles. The lowest BCUT2D eigenvalue weighted by Crippen LogP contribution is -2.18. The number of hydrogen-bond acceptors (Lipinski definition) is 3. The van der Waals surface area contributed by atoms with E-state index in [9.17, 15) is 4.79 Å². The maximum absolute atomic E-state index is 11.5. The van der Waals surface area contributed by atoms with Gasteiger partial charge < -0.3 is 5.32 Å². The Kier molecular flexibility index (Phi) is 2.25. The van der Waals surface area contributed by atoms with Crippen LogP contribution in [0.15, 0.2) is 11.4 Å². The van der Waals surface area contributed by atoms with Crippen LogP contribution in [0.1, 0.15) is 17.4 Å². The number of amides is 1. The summed E-state index contributed by atoms with van der Waals surface area (Å²) in [7, 11) is 1.62. The van der Waals surface area contributed by atoms with Gasteiger partial charge in [-0.15, -0.1) is 11.3 Å². The van der Waals surface area contributed by atoms with E-state index in [1.54, 1.807) is 18.4 Å². The Balaban J connectivity index is 2.64. The van der Waals surface area contributed by atoms with Crippen molar-refractivity contribution in [3.05, 3.63) is 17.1 Å². The zero-order valence-electron chi connectivity index (χ0n) is 8.07. The van der Waals surface area contributed by atoms with E-state index in [4.69, 9.17) is 0 Å². The number of fused-ring (bicyclic) bond motifs is 1. The van der Waals surface area contributed by atoms with Gasteiger partial charge in [0.2, 0.25) is 0 Å². The molecule has 2 aromatic rings. The molecule has 0 aromatic carbocycles. The molecule has 0 radical (unpaired) electrons. The van der Waals surface area contributed by atoms with Gasteiger partial charge in [-0.25, -0.2) is 0 Å². The highest BCUT2D eigenvalue weighted by molar-refractivity contribution is 7.16. The molecule has 2 heterocycles. The van der Waals surface area contributed by atoms with Gasteiger partial charge in [0.25, 0.3) is 5.91 Å². The maximum atomic E-state index is 11.5. The maximum Gasteiger partial charge on any atom is 0.272 e. The Morgan fingerprint density at radius 3 is 3.14 bits per heavy atom. The molecule has 2 rings (SSSR count). The molecular weight excluding hydrogens is 198 g/mol. The number of rotatable bonds is 2. The molecule has 0 saturated heterocycles. The average molecular weight is 209 g/mol. The van der Waals surface area contributed by atoms with Gasteiger partial charge >= 0.3 is 0 Å². The molecule has 0 atom stereocenters. The lowest BCUT2D eigenvalue weighted by atomic mass is 10.3. The Morgan fingerprint density at radius 2 is 2.50 bits per heavy atom. The van der Waals surface area contributed by atoms with Crippen LogP contribution in [0.5, 0.6) is 0 Å². The van der Waals surface area contributed by atoms with Crippen molar-refractivity contribution in [3.8, 4) is 0 Å². The van der Waals surface area contributed by atoms with Gasteiger partial charge in [0.1, 0.15) is 4.83 Å². The van der Waals surface area contributed by atoms with Crippen molar-refractivity contribution in [2.24, 2.45) is 0 Å². The number of nitrogens with one attached hydrogen (secondary N) is 1. The zero-order valence-corrected chi connectivity index (χ0v) is 8.89. The highest BCUT2D eigenvalue weighted by Crippen LogP contribution is 2.23. The number of hydrogen-bond donors (Lipinski definition) is 1. The summed E-state index contributed by atoms with van der Waals surface area (Å²) >= 11 is 1.61. The fraction of sp³-hybridized carbons (Fsp3) is 0.333. The summed E-state index contributed by atoms with van der Waals surface area (Å²) in [6, 6.07) is 1.93. The first kappa shape index (κ1) is 9.21. The minimum atomic E-state index is -0.124. The van der Waals surface area contributed by atoms with Gasteiger partial charge in [-0.05, 0) is 18.4 Å². The van der Waals surface area contributed by atoms with Crippen molar-refractivity contribution < 1.29 is 4.79 Å². The van der Waals surface area contributed by atoms with Gasteiger partial charge in [0, 0.05) is 19.0 Å². The summed E-state index contributed by atoms with van der Waals surface area (Å²) in [4.78, 5) is 12.5. The largest absolute Gasteiger partial charge is 0.354 e. The number of thiophene rings is 1. The van der Waals surface area contributed by atoms with E-state index in [-0.39, 0.29) is 5.91 Å². The third-order valence-corrected chi connectivity index (χ3v) is 3.02. The molecule has 5 heteroatoms. The summed E-state index contributed by atoms with van der Waals surface area (Å²) in [6.07, 6.45) is 0. The highest BCUT2D eigenvalue weighted by atomic mass is 32.1. The van der Waals surface area contributed by atoms with Crippen molar-refractivity contribution >= 4 is 27.5 Å². The molecule has 74 valence electrons. The fourth-order valence-corrected chi connectivity index (χ4v) is 2.32. The van der Waals surface area contributed by atoms with E-state index >= 15 is 0 Å². The van der Waals surface area contributed by atoms with Gasteiger partial charge in [-0.1, -0.05) is 0 Å². The predicted octanol–water partition coefficient (Wildman–Crippen LogP) is 1.48. The van der Waals surface area contributed by atoms with Crippen molar-refractivity contribution in [1.82, 2.24) is 15.1 Å². The van der Waals surface area contributed by atoms with E-state index in [2.05, 4.69) is 10.4 Å². The van der Waals surface area contributed by atoms with Gasteiger partial charge in [0.15, 0.2) is 5.69 Å². The second-order valence-corrected chi connectivity index (χ2v) is 3.78. The van der Waals surface area contributed by atoms with Gasteiger partial charge in [-0.2, -0.15) is 5.10 Å². The van der Waals surface area contributed by atoms with E-state index < -0.39 is 0 Å². The van der Waals surface area contributed by atoms with Crippen molar-refractivity contribution in [1.29, 1.82) is 0 Å². The van der Waals surface area contributed by atoms with E-state index in [1.807, 2.05) is 23.1 Å². The molecule has 0 saturated carbocycles. The summed E-state index contributed by atoms with van der Waals surface area (Å²) in [5.74, 6) is -0.124. The summed E-state index contributed by atoms with van der Waals surface area (Å²) in [5, 5.41) is 9.76. The normalized spacial score (nSPS) is 10.7. The number of aromatic nitrogens is 2. The lowest BCUT2D eigenvalue weighted by Gasteiger charge is -1.94. The minimum absolute atomic E-state index is 0.124. The van der Waals surface area contributed by atoms with E-state index in [0.29, 0.717) is 5.69 Å². The van der Waals surface area contributed by atoms with E-state index in [1.165, 1.54) is 0 Å². The summed E-state index contributed by atoms with van der Waals surface area (Å²) in [6.45, 7) is 2.80. The topological polar surface area (TPSA) is 46.9 Å². The zero-order chi connectivity index (χ0) is 10.1. The summed E-state index contributed by atoms with van der Waals surface area (Å²) < 4.78 is 1.85. The van der Waals surface area contributed by atoms with Gasteiger partial charge in [0.05, 0.1) is 0 Å². The number of carbonyl (C=O) groups excluding carboxylic acids is 1. The smallest absolute Gasteiger partial charge is 0.272 e. The third-order valence-electron chi connectivity index (χ3n) is 2.10. The molecule has 2 aromatic heterocycles. The van der Waals surface area contributed by atoms with Crippen LogP contribution in [-0.4, -0.2) is 22.7 Å². The Bertz CT molecular complexity index is 471. The Morgan fingerprint density at radius 1 is 1.71 bits per heavy atom. The van der Waals surface area contributed by atoms with Crippen LogP contribution in [0.2, 0.25) is 0 Å². The SMILES string of the molecule is CCn1nc(C(=O)NC)c2ccsc21. The second-order valence-electron chi connectivity index (χ2n) is 2.88. The molecule has 0 bridgehead atoms. The Hall–Kier alpha value is -1.36. The number of aryl methyl sites for hydroxylation is 1. The highest BCUT2D eigenvalue weighted by Gasteiger charge is 2.15. The third kappa shape index (κ3) is 1.21. The number of nitrogens with zero attached hydrogens (tertiary/aromatic N) is 2. The molecular formula is C9H11N3OS. The molecule has 0 spiro atoms. The van der Waals surface area contributed by atoms with Crippen LogP contribution in [-0.2, 0) is 6.54 Å².